The molecule has 2 heteroatoms. The lowest BCUT2D eigenvalue weighted by atomic mass is 9.95. The minimum absolute atomic E-state index is 0.0443. The molecular formula is C18H19NO. The first-order chi connectivity index (χ1) is 9.79. The van der Waals surface area contributed by atoms with Crippen LogP contribution in [0, 0.1) is 0 Å². The van der Waals surface area contributed by atoms with Gasteiger partial charge in [-0.3, -0.25) is 0 Å². The van der Waals surface area contributed by atoms with Crippen LogP contribution in [0.4, 0.5) is 0 Å². The van der Waals surface area contributed by atoms with Crippen LogP contribution in [0.1, 0.15) is 28.3 Å². The number of ether oxygens (including phenoxy) is 1. The summed E-state index contributed by atoms with van der Waals surface area (Å²) in [5, 5.41) is 0. The molecule has 2 aromatic carbocycles. The van der Waals surface area contributed by atoms with Crippen molar-refractivity contribution in [3.8, 4) is 5.75 Å². The molecule has 0 amide bonds. The Morgan fingerprint density at radius 1 is 1.10 bits per heavy atom. The van der Waals surface area contributed by atoms with Crippen molar-refractivity contribution in [1.29, 1.82) is 0 Å². The molecule has 0 bridgehead atoms. The number of rotatable bonds is 3. The Morgan fingerprint density at radius 2 is 1.85 bits per heavy atom. The van der Waals surface area contributed by atoms with E-state index in [1.54, 1.807) is 6.08 Å². The summed E-state index contributed by atoms with van der Waals surface area (Å²) < 4.78 is 5.62. The highest BCUT2D eigenvalue weighted by Gasteiger charge is 2.20. The van der Waals surface area contributed by atoms with Crippen molar-refractivity contribution >= 4 is 0 Å². The summed E-state index contributed by atoms with van der Waals surface area (Å²) in [6, 6.07) is 14.6. The minimum Gasteiger partial charge on any atom is -0.490 e. The molecule has 1 atom stereocenters. The first kappa shape index (κ1) is 12.9. The lowest BCUT2D eigenvalue weighted by Crippen LogP contribution is -2.13. The van der Waals surface area contributed by atoms with Crippen LogP contribution in [0.15, 0.2) is 55.1 Å². The molecule has 0 saturated heterocycles. The van der Waals surface area contributed by atoms with Crippen LogP contribution in [0.5, 0.6) is 5.75 Å². The quantitative estimate of drug-likeness (QED) is 0.863. The molecule has 0 heterocycles. The van der Waals surface area contributed by atoms with Crippen molar-refractivity contribution in [3.63, 3.8) is 0 Å². The molecule has 3 rings (SSSR count). The Labute approximate surface area is 119 Å². The average Bonchev–Trinajstić information content (AvgIpc) is 2.63. The summed E-state index contributed by atoms with van der Waals surface area (Å²) in [5.74, 6) is 0.891. The van der Waals surface area contributed by atoms with Crippen molar-refractivity contribution in [1.82, 2.24) is 0 Å². The van der Waals surface area contributed by atoms with Crippen LogP contribution in [0.25, 0.3) is 0 Å². The maximum absolute atomic E-state index is 6.45. The first-order valence-corrected chi connectivity index (χ1v) is 6.99. The number of fused-ring (bicyclic) bond motifs is 2. The Balaban J connectivity index is 1.98. The maximum Gasteiger partial charge on any atom is 0.120 e. The van der Waals surface area contributed by atoms with Crippen molar-refractivity contribution in [2.24, 2.45) is 5.73 Å². The van der Waals surface area contributed by atoms with Crippen molar-refractivity contribution < 1.29 is 4.74 Å². The third-order valence-electron chi connectivity index (χ3n) is 3.87. The number of aryl methyl sites for hydroxylation is 2. The fourth-order valence-electron chi connectivity index (χ4n) is 2.85. The number of benzene rings is 2. The molecule has 1 aliphatic carbocycles. The van der Waals surface area contributed by atoms with Crippen LogP contribution in [-0.2, 0) is 12.8 Å². The van der Waals surface area contributed by atoms with Crippen molar-refractivity contribution in [2.75, 3.05) is 6.61 Å². The Kier molecular flexibility index (Phi) is 3.57. The molecule has 20 heavy (non-hydrogen) atoms. The lowest BCUT2D eigenvalue weighted by Gasteiger charge is -2.16. The molecule has 102 valence electrons. The zero-order valence-corrected chi connectivity index (χ0v) is 11.5. The van der Waals surface area contributed by atoms with Gasteiger partial charge in [-0.2, -0.15) is 0 Å². The Hall–Kier alpha value is -2.06. The van der Waals surface area contributed by atoms with E-state index in [1.807, 2.05) is 6.07 Å². The van der Waals surface area contributed by atoms with E-state index in [1.165, 1.54) is 22.3 Å². The van der Waals surface area contributed by atoms with Gasteiger partial charge in [-0.15, -0.1) is 0 Å². The fraction of sp³-hybridized carbons (Fsp3) is 0.222. The molecule has 0 saturated carbocycles. The second-order valence-electron chi connectivity index (χ2n) is 5.14. The van der Waals surface area contributed by atoms with E-state index in [9.17, 15) is 0 Å². The molecular weight excluding hydrogens is 246 g/mol. The van der Waals surface area contributed by atoms with Crippen LogP contribution in [-0.4, -0.2) is 6.61 Å². The summed E-state index contributed by atoms with van der Waals surface area (Å²) in [4.78, 5) is 0. The van der Waals surface area contributed by atoms with Gasteiger partial charge >= 0.3 is 0 Å². The van der Waals surface area contributed by atoms with Crippen LogP contribution < -0.4 is 10.5 Å². The predicted octanol–water partition coefficient (Wildman–Crippen LogP) is 3.40. The number of hydrogen-bond acceptors (Lipinski definition) is 2. The van der Waals surface area contributed by atoms with E-state index in [4.69, 9.17) is 10.5 Å². The van der Waals surface area contributed by atoms with E-state index in [0.717, 1.165) is 18.6 Å². The molecule has 1 aliphatic rings. The zero-order chi connectivity index (χ0) is 13.9. The van der Waals surface area contributed by atoms with Gasteiger partial charge in [-0.25, -0.2) is 0 Å². The standard InChI is InChI=1S/C18H19NO/c1-2-11-20-15-9-10-17-14(12-15)8-7-13-5-3-4-6-16(13)18(17)19/h2-6,9-10,12,18H,1,7-8,11,19H2. The summed E-state index contributed by atoms with van der Waals surface area (Å²) in [6.07, 6.45) is 3.79. The van der Waals surface area contributed by atoms with Gasteiger partial charge in [-0.05, 0) is 47.2 Å². The lowest BCUT2D eigenvalue weighted by molar-refractivity contribution is 0.362. The summed E-state index contributed by atoms with van der Waals surface area (Å²) >= 11 is 0. The second kappa shape index (κ2) is 5.51. The molecule has 0 aromatic heterocycles. The topological polar surface area (TPSA) is 35.2 Å². The molecule has 1 unspecified atom stereocenters. The zero-order valence-electron chi connectivity index (χ0n) is 11.5. The van der Waals surface area contributed by atoms with Crippen molar-refractivity contribution in [2.45, 2.75) is 18.9 Å². The SMILES string of the molecule is C=CCOc1ccc2c(c1)CCc1ccccc1C2N. The third-order valence-corrected chi connectivity index (χ3v) is 3.87. The molecule has 2 nitrogen and oxygen atoms in total. The van der Waals surface area contributed by atoms with E-state index < -0.39 is 0 Å². The predicted molar refractivity (Wildman–Crippen MR) is 82.0 cm³/mol. The smallest absolute Gasteiger partial charge is 0.120 e. The number of nitrogens with two attached hydrogens (primary N) is 1. The minimum atomic E-state index is -0.0443. The highest BCUT2D eigenvalue weighted by Crippen LogP contribution is 2.32. The van der Waals surface area contributed by atoms with Crippen LogP contribution in [0.3, 0.4) is 0 Å². The maximum atomic E-state index is 6.45. The molecule has 0 fully saturated rings. The highest BCUT2D eigenvalue weighted by atomic mass is 16.5. The normalized spacial score (nSPS) is 16.8. The number of hydrogen-bond donors (Lipinski definition) is 1. The summed E-state index contributed by atoms with van der Waals surface area (Å²) in [5.41, 5.74) is 11.5. The van der Waals surface area contributed by atoms with E-state index in [2.05, 4.69) is 43.0 Å². The Bertz CT molecular complexity index is 633. The summed E-state index contributed by atoms with van der Waals surface area (Å²) in [6.45, 7) is 4.21. The monoisotopic (exact) mass is 265 g/mol. The van der Waals surface area contributed by atoms with E-state index >= 15 is 0 Å². The Morgan fingerprint density at radius 3 is 2.70 bits per heavy atom. The fourth-order valence-corrected chi connectivity index (χ4v) is 2.85. The van der Waals surface area contributed by atoms with Crippen LogP contribution >= 0.6 is 0 Å². The van der Waals surface area contributed by atoms with Gasteiger partial charge in [0.2, 0.25) is 0 Å². The third kappa shape index (κ3) is 2.35. The molecule has 0 spiro atoms. The van der Waals surface area contributed by atoms with Gasteiger partial charge in [0.15, 0.2) is 0 Å². The van der Waals surface area contributed by atoms with Crippen LogP contribution in [0.2, 0.25) is 0 Å². The molecule has 0 radical (unpaired) electrons. The second-order valence-corrected chi connectivity index (χ2v) is 5.14. The highest BCUT2D eigenvalue weighted by molar-refractivity contribution is 5.46. The molecule has 2 N–H and O–H groups in total. The van der Waals surface area contributed by atoms with Gasteiger partial charge in [0.05, 0.1) is 6.04 Å². The van der Waals surface area contributed by atoms with Gasteiger partial charge in [0, 0.05) is 0 Å². The van der Waals surface area contributed by atoms with Gasteiger partial charge < -0.3 is 10.5 Å². The largest absolute Gasteiger partial charge is 0.490 e. The molecule has 2 aromatic rings. The average molecular weight is 265 g/mol. The van der Waals surface area contributed by atoms with E-state index in [-0.39, 0.29) is 6.04 Å². The van der Waals surface area contributed by atoms with E-state index in [0.29, 0.717) is 6.61 Å². The van der Waals surface area contributed by atoms with Gasteiger partial charge in [0.1, 0.15) is 12.4 Å². The van der Waals surface area contributed by atoms with Gasteiger partial charge in [0.25, 0.3) is 0 Å². The molecule has 0 aliphatic heterocycles. The first-order valence-electron chi connectivity index (χ1n) is 6.99. The summed E-state index contributed by atoms with van der Waals surface area (Å²) in [7, 11) is 0. The van der Waals surface area contributed by atoms with Crippen molar-refractivity contribution in [3.05, 3.63) is 77.4 Å². The van der Waals surface area contributed by atoms with Gasteiger partial charge in [-0.1, -0.05) is 43.0 Å².